The second kappa shape index (κ2) is 6.15. The van der Waals surface area contributed by atoms with Crippen molar-refractivity contribution >= 4 is 10.0 Å². The number of rotatable bonds is 6. The van der Waals surface area contributed by atoms with Crippen molar-refractivity contribution in [1.29, 1.82) is 0 Å². The smallest absolute Gasteiger partial charge is 0.240 e. The fourth-order valence-corrected chi connectivity index (χ4v) is 2.63. The molecule has 0 bridgehead atoms. The molecule has 1 heterocycles. The normalized spacial score (nSPS) is 11.9. The highest BCUT2D eigenvalue weighted by atomic mass is 32.2. The summed E-state index contributed by atoms with van der Waals surface area (Å²) in [5.74, 6) is 1.16. The Morgan fingerprint density at radius 3 is 2.50 bits per heavy atom. The highest BCUT2D eigenvalue weighted by Gasteiger charge is 2.14. The van der Waals surface area contributed by atoms with Gasteiger partial charge in [0, 0.05) is 18.9 Å². The lowest BCUT2D eigenvalue weighted by Crippen LogP contribution is -2.26. The van der Waals surface area contributed by atoms with Crippen molar-refractivity contribution < 1.29 is 12.8 Å². The van der Waals surface area contributed by atoms with Gasteiger partial charge in [0.05, 0.1) is 4.90 Å². The van der Waals surface area contributed by atoms with E-state index in [-0.39, 0.29) is 17.4 Å². The summed E-state index contributed by atoms with van der Waals surface area (Å²) < 4.78 is 31.8. The Morgan fingerprint density at radius 1 is 1.20 bits per heavy atom. The molecule has 6 nitrogen and oxygen atoms in total. The van der Waals surface area contributed by atoms with E-state index >= 15 is 0 Å². The van der Waals surface area contributed by atoms with Crippen molar-refractivity contribution in [3.05, 3.63) is 42.1 Å². The number of nitrogens with zero attached hydrogens (tertiary/aromatic N) is 2. The number of sulfonamides is 1. The monoisotopic (exact) mass is 295 g/mol. The maximum atomic E-state index is 12.0. The zero-order valence-corrected chi connectivity index (χ0v) is 12.2. The molecule has 108 valence electrons. The van der Waals surface area contributed by atoms with E-state index in [1.54, 1.807) is 30.3 Å². The van der Waals surface area contributed by atoms with E-state index in [1.807, 2.05) is 13.8 Å². The Labute approximate surface area is 118 Å². The van der Waals surface area contributed by atoms with Crippen molar-refractivity contribution in [2.75, 3.05) is 6.54 Å². The molecule has 0 unspecified atom stereocenters. The summed E-state index contributed by atoms with van der Waals surface area (Å²) in [4.78, 5) is 0.244. The summed E-state index contributed by atoms with van der Waals surface area (Å²) in [6.45, 7) is 4.13. The van der Waals surface area contributed by atoms with E-state index < -0.39 is 10.0 Å². The van der Waals surface area contributed by atoms with E-state index in [4.69, 9.17) is 4.42 Å². The molecule has 0 saturated carbocycles. The molecule has 0 spiro atoms. The van der Waals surface area contributed by atoms with Crippen LogP contribution in [0.5, 0.6) is 0 Å². The van der Waals surface area contributed by atoms with Gasteiger partial charge in [-0.15, -0.1) is 10.2 Å². The van der Waals surface area contributed by atoms with Crippen LogP contribution in [0.2, 0.25) is 0 Å². The molecule has 1 aromatic heterocycles. The lowest BCUT2D eigenvalue weighted by atomic mass is 10.2. The van der Waals surface area contributed by atoms with Crippen LogP contribution in [0.1, 0.15) is 31.5 Å². The first-order valence-electron chi connectivity index (χ1n) is 6.36. The molecule has 2 rings (SSSR count). The lowest BCUT2D eigenvalue weighted by molar-refractivity contribution is 0.431. The summed E-state index contributed by atoms with van der Waals surface area (Å²) in [6, 6.07) is 8.23. The maximum Gasteiger partial charge on any atom is 0.240 e. The number of aromatic nitrogens is 2. The zero-order chi connectivity index (χ0) is 14.6. The van der Waals surface area contributed by atoms with Gasteiger partial charge in [0.15, 0.2) is 0 Å². The van der Waals surface area contributed by atoms with Crippen molar-refractivity contribution in [2.45, 2.75) is 31.1 Å². The van der Waals surface area contributed by atoms with Gasteiger partial charge in [-0.2, -0.15) is 0 Å². The van der Waals surface area contributed by atoms with Crippen LogP contribution in [0.15, 0.2) is 39.6 Å². The first-order valence-corrected chi connectivity index (χ1v) is 7.84. The Bertz CT molecular complexity index is 651. The molecular formula is C13H17N3O3S. The molecule has 1 aromatic carbocycles. The summed E-state index contributed by atoms with van der Waals surface area (Å²) in [7, 11) is -3.48. The molecule has 0 amide bonds. The molecule has 1 N–H and O–H groups in total. The predicted octanol–water partition coefficient (Wildman–Crippen LogP) is 1.71. The third kappa shape index (κ3) is 3.64. The van der Waals surface area contributed by atoms with Crippen LogP contribution in [-0.4, -0.2) is 25.2 Å². The minimum atomic E-state index is -3.48. The Balaban J connectivity index is 1.92. The van der Waals surface area contributed by atoms with E-state index in [0.29, 0.717) is 18.2 Å². The Kier molecular flexibility index (Phi) is 4.51. The molecular weight excluding hydrogens is 278 g/mol. The van der Waals surface area contributed by atoms with Gasteiger partial charge < -0.3 is 4.42 Å². The molecule has 0 aliphatic rings. The molecule has 2 aromatic rings. The van der Waals surface area contributed by atoms with Gasteiger partial charge in [-0.05, 0) is 12.1 Å². The number of nitrogens with one attached hydrogen (secondary N) is 1. The quantitative estimate of drug-likeness (QED) is 0.877. The predicted molar refractivity (Wildman–Crippen MR) is 73.7 cm³/mol. The largest absolute Gasteiger partial charge is 0.425 e. The Morgan fingerprint density at radius 2 is 1.90 bits per heavy atom. The van der Waals surface area contributed by atoms with Gasteiger partial charge in [-0.3, -0.25) is 0 Å². The first-order chi connectivity index (χ1) is 9.49. The summed E-state index contributed by atoms with van der Waals surface area (Å²) in [5.41, 5.74) is 0. The van der Waals surface area contributed by atoms with Gasteiger partial charge in [0.1, 0.15) is 0 Å². The molecule has 0 aliphatic heterocycles. The standard InChI is InChI=1S/C13H17N3O3S/c1-10(2)13-16-15-12(19-13)8-9-14-20(17,18)11-6-4-3-5-7-11/h3-7,10,14H,8-9H2,1-2H3. The SMILES string of the molecule is CC(C)c1nnc(CCNS(=O)(=O)c2ccccc2)o1. The van der Waals surface area contributed by atoms with Gasteiger partial charge in [0.25, 0.3) is 0 Å². The van der Waals surface area contributed by atoms with Crippen molar-refractivity contribution in [2.24, 2.45) is 0 Å². The van der Waals surface area contributed by atoms with Gasteiger partial charge in [-0.25, -0.2) is 13.1 Å². The molecule has 0 saturated heterocycles. The highest BCUT2D eigenvalue weighted by Crippen LogP contribution is 2.12. The minimum absolute atomic E-state index is 0.164. The first kappa shape index (κ1) is 14.7. The van der Waals surface area contributed by atoms with Crippen molar-refractivity contribution in [3.8, 4) is 0 Å². The lowest BCUT2D eigenvalue weighted by Gasteiger charge is -2.04. The fraction of sp³-hybridized carbons (Fsp3) is 0.385. The minimum Gasteiger partial charge on any atom is -0.425 e. The second-order valence-electron chi connectivity index (χ2n) is 4.65. The molecule has 0 fully saturated rings. The van der Waals surface area contributed by atoms with Gasteiger partial charge in [-0.1, -0.05) is 32.0 Å². The van der Waals surface area contributed by atoms with Crippen molar-refractivity contribution in [3.63, 3.8) is 0 Å². The zero-order valence-electron chi connectivity index (χ0n) is 11.4. The van der Waals surface area contributed by atoms with Crippen molar-refractivity contribution in [1.82, 2.24) is 14.9 Å². The van der Waals surface area contributed by atoms with Gasteiger partial charge in [0.2, 0.25) is 21.8 Å². The molecule has 0 atom stereocenters. The topological polar surface area (TPSA) is 85.1 Å². The Hall–Kier alpha value is -1.73. The summed E-state index contributed by atoms with van der Waals surface area (Å²) in [5, 5.41) is 7.77. The fourth-order valence-electron chi connectivity index (χ4n) is 1.58. The number of benzene rings is 1. The third-order valence-electron chi connectivity index (χ3n) is 2.66. The van der Waals surface area contributed by atoms with E-state index in [0.717, 1.165) is 0 Å². The molecule has 0 aliphatic carbocycles. The summed E-state index contributed by atoms with van der Waals surface area (Å²) in [6.07, 6.45) is 0.367. The summed E-state index contributed by atoms with van der Waals surface area (Å²) >= 11 is 0. The molecule has 0 radical (unpaired) electrons. The van der Waals surface area contributed by atoms with E-state index in [9.17, 15) is 8.42 Å². The molecule has 20 heavy (non-hydrogen) atoms. The average Bonchev–Trinajstić information content (AvgIpc) is 2.89. The van der Waals surface area contributed by atoms with Crippen LogP contribution in [0.25, 0.3) is 0 Å². The number of hydrogen-bond acceptors (Lipinski definition) is 5. The third-order valence-corrected chi connectivity index (χ3v) is 4.14. The maximum absolute atomic E-state index is 12.0. The van der Waals surface area contributed by atoms with Crippen LogP contribution in [0, 0.1) is 0 Å². The molecule has 7 heteroatoms. The van der Waals surface area contributed by atoms with E-state index in [2.05, 4.69) is 14.9 Å². The average molecular weight is 295 g/mol. The van der Waals surface area contributed by atoms with Crippen LogP contribution < -0.4 is 4.72 Å². The van der Waals surface area contributed by atoms with E-state index in [1.165, 1.54) is 0 Å². The van der Waals surface area contributed by atoms with Crippen LogP contribution >= 0.6 is 0 Å². The highest BCUT2D eigenvalue weighted by molar-refractivity contribution is 7.89. The van der Waals surface area contributed by atoms with Crippen LogP contribution in [0.4, 0.5) is 0 Å². The van der Waals surface area contributed by atoms with Crippen LogP contribution in [0.3, 0.4) is 0 Å². The van der Waals surface area contributed by atoms with Gasteiger partial charge >= 0.3 is 0 Å². The van der Waals surface area contributed by atoms with Crippen LogP contribution in [-0.2, 0) is 16.4 Å². The second-order valence-corrected chi connectivity index (χ2v) is 6.42. The number of hydrogen-bond donors (Lipinski definition) is 1.